The van der Waals surface area contributed by atoms with Gasteiger partial charge >= 0.3 is 0 Å². The fourth-order valence-corrected chi connectivity index (χ4v) is 6.92. The molecule has 0 bridgehead atoms. The van der Waals surface area contributed by atoms with E-state index in [1.165, 1.54) is 4.31 Å². The first-order chi connectivity index (χ1) is 18.6. The van der Waals surface area contributed by atoms with Gasteiger partial charge in [0.1, 0.15) is 6.04 Å². The van der Waals surface area contributed by atoms with Gasteiger partial charge in [-0.2, -0.15) is 4.31 Å². The average molecular weight is 573 g/mol. The Morgan fingerprint density at radius 3 is 2.45 bits per heavy atom. The highest BCUT2D eigenvalue weighted by atomic mass is 32.2. The standard InChI is InChI=1S/C28H40N6O5S/c1-16-14-21(18-10-8-9-11-20(18)30-16)31-26(36)19-15-34(40(7,38)39)22-12-13-33(23(19)22)27(37)24(28(3,4)5)32-25(35)17(2)29-6/h8-11,14,17,19,22-24,29H,12-13,15H2,1-7H3,(H,32,35)(H,30,31,36)/t17-,19+,22-,23-,24-/m1/s1. The predicted molar refractivity (Wildman–Crippen MR) is 154 cm³/mol. The number of para-hydroxylation sites is 1. The molecule has 11 nitrogen and oxygen atoms in total. The number of sulfonamides is 1. The molecule has 5 atom stereocenters. The molecule has 3 N–H and O–H groups in total. The second-order valence-electron chi connectivity index (χ2n) is 12.0. The van der Waals surface area contributed by atoms with Crippen molar-refractivity contribution in [2.24, 2.45) is 11.3 Å². The predicted octanol–water partition coefficient (Wildman–Crippen LogP) is 1.48. The second-order valence-corrected chi connectivity index (χ2v) is 13.9. The number of anilines is 1. The van der Waals surface area contributed by atoms with Crippen molar-refractivity contribution in [2.75, 3.05) is 31.7 Å². The number of nitrogens with one attached hydrogen (secondary N) is 3. The Bertz CT molecular complexity index is 1420. The van der Waals surface area contributed by atoms with Gasteiger partial charge in [-0.3, -0.25) is 19.4 Å². The summed E-state index contributed by atoms with van der Waals surface area (Å²) in [6, 6.07) is 6.68. The summed E-state index contributed by atoms with van der Waals surface area (Å²) in [5, 5.41) is 9.54. The number of hydrogen-bond acceptors (Lipinski definition) is 7. The first kappa shape index (κ1) is 29.9. The van der Waals surface area contributed by atoms with E-state index < -0.39 is 45.5 Å². The van der Waals surface area contributed by atoms with E-state index >= 15 is 0 Å². The van der Waals surface area contributed by atoms with E-state index in [0.29, 0.717) is 12.1 Å². The minimum absolute atomic E-state index is 0.0326. The number of likely N-dealkylation sites (N-methyl/N-ethyl adjacent to an activating group) is 1. The van der Waals surface area contributed by atoms with Crippen molar-refractivity contribution >= 4 is 44.3 Å². The third-order valence-electron chi connectivity index (χ3n) is 7.95. The molecule has 1 aromatic heterocycles. The molecule has 218 valence electrons. The van der Waals surface area contributed by atoms with E-state index in [-0.39, 0.29) is 30.8 Å². The molecule has 0 spiro atoms. The number of nitrogens with zero attached hydrogens (tertiary/aromatic N) is 3. The van der Waals surface area contributed by atoms with Crippen molar-refractivity contribution in [3.63, 3.8) is 0 Å². The van der Waals surface area contributed by atoms with Gasteiger partial charge in [-0.1, -0.05) is 39.0 Å². The number of aryl methyl sites for hydroxylation is 1. The van der Waals surface area contributed by atoms with Gasteiger partial charge in [0, 0.05) is 30.2 Å². The normalized spacial score (nSPS) is 23.1. The zero-order valence-electron chi connectivity index (χ0n) is 24.2. The fraction of sp³-hybridized carbons (Fsp3) is 0.571. The number of amides is 3. The zero-order valence-corrected chi connectivity index (χ0v) is 25.0. The summed E-state index contributed by atoms with van der Waals surface area (Å²) < 4.78 is 26.9. The SMILES string of the molecule is CN[C@H](C)C(=O)N[C@H](C(=O)N1CC[C@@H]2[C@H]1[C@@H](C(=O)Nc1cc(C)nc3ccccc13)CN2S(C)(=O)=O)C(C)(C)C. The van der Waals surface area contributed by atoms with Crippen LogP contribution in [0.3, 0.4) is 0 Å². The Morgan fingerprint density at radius 2 is 1.82 bits per heavy atom. The van der Waals surface area contributed by atoms with Gasteiger partial charge in [-0.05, 0) is 44.9 Å². The van der Waals surface area contributed by atoms with Crippen LogP contribution in [0.15, 0.2) is 30.3 Å². The number of aromatic nitrogens is 1. The minimum atomic E-state index is -3.64. The average Bonchev–Trinajstić information content (AvgIpc) is 3.46. The molecule has 40 heavy (non-hydrogen) atoms. The Labute approximate surface area is 236 Å². The van der Waals surface area contributed by atoms with Crippen LogP contribution in [0.4, 0.5) is 5.69 Å². The number of carbonyl (C=O) groups is 3. The van der Waals surface area contributed by atoms with Gasteiger partial charge in [0.2, 0.25) is 27.7 Å². The Kier molecular flexibility index (Phi) is 8.26. The van der Waals surface area contributed by atoms with Crippen molar-refractivity contribution < 1.29 is 22.8 Å². The van der Waals surface area contributed by atoms with Crippen LogP contribution in [0.2, 0.25) is 0 Å². The molecule has 0 radical (unpaired) electrons. The van der Waals surface area contributed by atoms with E-state index in [9.17, 15) is 22.8 Å². The molecule has 2 aliphatic heterocycles. The van der Waals surface area contributed by atoms with E-state index in [4.69, 9.17) is 0 Å². The molecule has 2 saturated heterocycles. The Hall–Kier alpha value is -3.09. The number of pyridine rings is 1. The first-order valence-corrected chi connectivity index (χ1v) is 15.4. The number of carbonyl (C=O) groups excluding carboxylic acids is 3. The first-order valence-electron chi connectivity index (χ1n) is 13.6. The van der Waals surface area contributed by atoms with Crippen molar-refractivity contribution in [3.05, 3.63) is 36.0 Å². The molecule has 2 aliphatic rings. The van der Waals surface area contributed by atoms with Crippen LogP contribution in [0.1, 0.15) is 39.8 Å². The molecular formula is C28H40N6O5S. The molecule has 2 fully saturated rings. The smallest absolute Gasteiger partial charge is 0.246 e. The molecule has 3 amide bonds. The molecule has 3 heterocycles. The molecule has 4 rings (SSSR count). The highest BCUT2D eigenvalue weighted by Crippen LogP contribution is 2.39. The monoisotopic (exact) mass is 572 g/mol. The highest BCUT2D eigenvalue weighted by molar-refractivity contribution is 7.88. The molecule has 0 unspecified atom stereocenters. The van der Waals surface area contributed by atoms with Gasteiger partial charge in [0.05, 0.1) is 35.5 Å². The van der Waals surface area contributed by atoms with Crippen LogP contribution in [0, 0.1) is 18.3 Å². The highest BCUT2D eigenvalue weighted by Gasteiger charge is 2.56. The lowest BCUT2D eigenvalue weighted by atomic mass is 9.85. The molecule has 12 heteroatoms. The largest absolute Gasteiger partial charge is 0.342 e. The maximum absolute atomic E-state index is 14.1. The third-order valence-corrected chi connectivity index (χ3v) is 9.22. The number of fused-ring (bicyclic) bond motifs is 2. The van der Waals surface area contributed by atoms with E-state index in [0.717, 1.165) is 22.9 Å². The molecule has 1 aromatic carbocycles. The summed E-state index contributed by atoms with van der Waals surface area (Å²) in [6.45, 7) is 9.40. The topological polar surface area (TPSA) is 141 Å². The van der Waals surface area contributed by atoms with E-state index in [1.54, 1.807) is 24.9 Å². The van der Waals surface area contributed by atoms with Crippen molar-refractivity contribution in [3.8, 4) is 0 Å². The summed E-state index contributed by atoms with van der Waals surface area (Å²) in [7, 11) is -1.98. The van der Waals surface area contributed by atoms with Gasteiger partial charge in [0.15, 0.2) is 0 Å². The quantitative estimate of drug-likeness (QED) is 0.457. The maximum Gasteiger partial charge on any atom is 0.246 e. The van der Waals surface area contributed by atoms with Crippen molar-refractivity contribution in [2.45, 2.75) is 65.2 Å². The molecule has 0 aliphatic carbocycles. The fourth-order valence-electron chi connectivity index (χ4n) is 5.76. The lowest BCUT2D eigenvalue weighted by Crippen LogP contribution is -2.59. The van der Waals surface area contributed by atoms with Crippen LogP contribution < -0.4 is 16.0 Å². The summed E-state index contributed by atoms with van der Waals surface area (Å²) in [5.74, 6) is -1.80. The van der Waals surface area contributed by atoms with Crippen LogP contribution >= 0.6 is 0 Å². The van der Waals surface area contributed by atoms with Gasteiger partial charge in [0.25, 0.3) is 0 Å². The number of benzene rings is 1. The van der Waals surface area contributed by atoms with Crippen LogP contribution in [0.5, 0.6) is 0 Å². The maximum atomic E-state index is 14.1. The number of likely N-dealkylation sites (tertiary alicyclic amines) is 1. The minimum Gasteiger partial charge on any atom is -0.342 e. The van der Waals surface area contributed by atoms with Crippen LogP contribution in [-0.4, -0.2) is 90.9 Å². The third kappa shape index (κ3) is 5.84. The van der Waals surface area contributed by atoms with Gasteiger partial charge in [-0.25, -0.2) is 8.42 Å². The summed E-state index contributed by atoms with van der Waals surface area (Å²) in [5.41, 5.74) is 1.42. The van der Waals surface area contributed by atoms with E-state index in [2.05, 4.69) is 20.9 Å². The van der Waals surface area contributed by atoms with Gasteiger partial charge < -0.3 is 20.9 Å². The van der Waals surface area contributed by atoms with E-state index in [1.807, 2.05) is 52.0 Å². The molecule has 2 aromatic rings. The molecule has 0 saturated carbocycles. The van der Waals surface area contributed by atoms with Crippen molar-refractivity contribution in [1.29, 1.82) is 0 Å². The van der Waals surface area contributed by atoms with Crippen molar-refractivity contribution in [1.82, 2.24) is 24.8 Å². The Morgan fingerprint density at radius 1 is 1.15 bits per heavy atom. The second kappa shape index (κ2) is 11.1. The lowest BCUT2D eigenvalue weighted by Gasteiger charge is -2.37. The zero-order chi connectivity index (χ0) is 29.6. The summed E-state index contributed by atoms with van der Waals surface area (Å²) >= 11 is 0. The Balaban J connectivity index is 1.68. The lowest BCUT2D eigenvalue weighted by molar-refractivity contribution is -0.141. The summed E-state index contributed by atoms with van der Waals surface area (Å²) in [6.07, 6.45) is 1.54. The number of rotatable bonds is 7. The summed E-state index contributed by atoms with van der Waals surface area (Å²) in [4.78, 5) is 46.8. The molecular weight excluding hydrogens is 532 g/mol. The van der Waals surface area contributed by atoms with Crippen LogP contribution in [-0.2, 0) is 24.4 Å². The van der Waals surface area contributed by atoms with Gasteiger partial charge in [-0.15, -0.1) is 0 Å². The van der Waals surface area contributed by atoms with Crippen LogP contribution in [0.25, 0.3) is 10.9 Å². The number of hydrogen-bond donors (Lipinski definition) is 3.